The molecule has 2 unspecified atom stereocenters. The molecule has 0 aliphatic heterocycles. The molecule has 26 heavy (non-hydrogen) atoms. The zero-order valence-electron chi connectivity index (χ0n) is 13.4. The van der Waals surface area contributed by atoms with Crippen LogP contribution >= 0.6 is 16.9 Å². The molecule has 6 N–H and O–H groups in total. The molecule has 146 valence electrons. The minimum atomic E-state index is -3.61. The number of amides is 1. The SMILES string of the molecule is O=C(O)Cc1ccc(C(=O)NCCCC(O)(OP(O)O)O[PH](=O)O)cc1. The van der Waals surface area contributed by atoms with Crippen LogP contribution in [0.1, 0.15) is 28.8 Å². The Bertz CT molecular complexity index is 638. The summed E-state index contributed by atoms with van der Waals surface area (Å²) in [5.74, 6) is -4.11. The summed E-state index contributed by atoms with van der Waals surface area (Å²) in [5.41, 5.74) is 0.827. The Morgan fingerprint density at radius 2 is 1.85 bits per heavy atom. The van der Waals surface area contributed by atoms with Crippen LogP contribution in [0.15, 0.2) is 24.3 Å². The lowest BCUT2D eigenvalue weighted by atomic mass is 10.1. The van der Waals surface area contributed by atoms with Crippen LogP contribution in [0.2, 0.25) is 0 Å². The third kappa shape index (κ3) is 8.79. The lowest BCUT2D eigenvalue weighted by Crippen LogP contribution is -2.34. The highest BCUT2D eigenvalue weighted by Crippen LogP contribution is 2.38. The van der Waals surface area contributed by atoms with Gasteiger partial charge < -0.3 is 30.2 Å². The first-order chi connectivity index (χ1) is 12.1. The largest absolute Gasteiger partial charge is 0.481 e. The average molecular weight is 411 g/mol. The predicted octanol–water partition coefficient (Wildman–Crippen LogP) is 0.0965. The van der Waals surface area contributed by atoms with Crippen molar-refractivity contribution < 1.29 is 48.1 Å². The van der Waals surface area contributed by atoms with E-state index in [9.17, 15) is 19.3 Å². The number of carbonyl (C=O) groups is 2. The van der Waals surface area contributed by atoms with E-state index in [2.05, 4.69) is 14.4 Å². The summed E-state index contributed by atoms with van der Waals surface area (Å²) in [6.45, 7) is 0.0197. The van der Waals surface area contributed by atoms with E-state index >= 15 is 0 Å². The number of rotatable bonds is 11. The fourth-order valence-electron chi connectivity index (χ4n) is 1.94. The van der Waals surface area contributed by atoms with E-state index in [1.807, 2.05) is 0 Å². The molecule has 0 radical (unpaired) electrons. The van der Waals surface area contributed by atoms with Gasteiger partial charge in [-0.2, -0.15) is 0 Å². The maximum absolute atomic E-state index is 11.9. The van der Waals surface area contributed by atoms with Gasteiger partial charge in [0.05, 0.1) is 6.42 Å². The van der Waals surface area contributed by atoms with E-state index in [4.69, 9.17) is 19.8 Å². The summed E-state index contributed by atoms with van der Waals surface area (Å²) >= 11 is 0. The second-order valence-corrected chi connectivity index (χ2v) is 6.48. The summed E-state index contributed by atoms with van der Waals surface area (Å²) in [4.78, 5) is 48.7. The highest BCUT2D eigenvalue weighted by Gasteiger charge is 2.34. The summed E-state index contributed by atoms with van der Waals surface area (Å²) in [7, 11) is -6.65. The lowest BCUT2D eigenvalue weighted by Gasteiger charge is -2.26. The van der Waals surface area contributed by atoms with Crippen LogP contribution in [-0.2, 0) is 24.8 Å². The second kappa shape index (κ2) is 10.7. The highest BCUT2D eigenvalue weighted by molar-refractivity contribution is 7.39. The van der Waals surface area contributed by atoms with Crippen molar-refractivity contribution in [2.75, 3.05) is 6.54 Å². The van der Waals surface area contributed by atoms with Gasteiger partial charge in [-0.15, -0.1) is 0 Å². The number of carboxylic acid groups (broad SMARTS) is 1. The third-order valence-corrected chi connectivity index (χ3v) is 3.94. The molecule has 1 rings (SSSR count). The fourth-order valence-corrected chi connectivity index (χ4v) is 2.81. The smallest absolute Gasteiger partial charge is 0.331 e. The number of carbonyl (C=O) groups excluding carboxylic acids is 1. The van der Waals surface area contributed by atoms with Gasteiger partial charge in [0, 0.05) is 18.5 Å². The lowest BCUT2D eigenvalue weighted by molar-refractivity contribution is -0.279. The van der Waals surface area contributed by atoms with Crippen molar-refractivity contribution in [2.24, 2.45) is 0 Å². The molecule has 1 aromatic carbocycles. The molecule has 1 aromatic rings. The molecule has 11 nitrogen and oxygen atoms in total. The fraction of sp³-hybridized carbons (Fsp3) is 0.385. The van der Waals surface area contributed by atoms with Crippen molar-refractivity contribution in [3.63, 3.8) is 0 Å². The van der Waals surface area contributed by atoms with E-state index in [-0.39, 0.29) is 24.9 Å². The minimum absolute atomic E-state index is 0.0197. The van der Waals surface area contributed by atoms with Crippen LogP contribution in [0.4, 0.5) is 0 Å². The quantitative estimate of drug-likeness (QED) is 0.166. The zero-order valence-corrected chi connectivity index (χ0v) is 15.3. The molecule has 0 bridgehead atoms. The summed E-state index contributed by atoms with van der Waals surface area (Å²) in [6, 6.07) is 5.93. The number of hydrogen-bond acceptors (Lipinski definition) is 8. The number of carboxylic acids is 1. The predicted molar refractivity (Wildman–Crippen MR) is 89.0 cm³/mol. The Morgan fingerprint density at radius 3 is 2.35 bits per heavy atom. The molecular weight excluding hydrogens is 392 g/mol. The highest BCUT2D eigenvalue weighted by atomic mass is 31.2. The first-order valence-electron chi connectivity index (χ1n) is 7.21. The molecule has 0 saturated heterocycles. The number of hydrogen-bond donors (Lipinski definition) is 6. The monoisotopic (exact) mass is 411 g/mol. The van der Waals surface area contributed by atoms with Crippen LogP contribution in [0.5, 0.6) is 0 Å². The van der Waals surface area contributed by atoms with Crippen molar-refractivity contribution in [1.82, 2.24) is 5.32 Å². The standard InChI is InChI=1S/C13H19NO10P2/c15-11(16)8-9-2-4-10(5-3-9)12(17)14-7-1-6-13(18,23-25(19)20)24-26(21)22/h2-5,18-20,26H,1,6-8H2,(H,14,17)(H,15,16)(H,21,22). The molecule has 13 heteroatoms. The normalized spacial score (nSPS) is 14.7. The van der Waals surface area contributed by atoms with Gasteiger partial charge in [-0.3, -0.25) is 23.2 Å². The van der Waals surface area contributed by atoms with Gasteiger partial charge in [-0.1, -0.05) is 12.1 Å². The van der Waals surface area contributed by atoms with Gasteiger partial charge in [0.25, 0.3) is 11.9 Å². The van der Waals surface area contributed by atoms with Gasteiger partial charge in [-0.25, -0.2) is 0 Å². The Morgan fingerprint density at radius 1 is 1.23 bits per heavy atom. The Balaban J connectivity index is 2.49. The van der Waals surface area contributed by atoms with Crippen LogP contribution in [0.25, 0.3) is 0 Å². The van der Waals surface area contributed by atoms with E-state index < -0.39 is 41.1 Å². The first kappa shape index (κ1) is 22.6. The first-order valence-corrected chi connectivity index (χ1v) is 9.64. The molecule has 0 spiro atoms. The molecule has 0 aromatic heterocycles. The Kier molecular flexibility index (Phi) is 9.28. The third-order valence-electron chi connectivity index (χ3n) is 3.00. The number of aliphatic carboxylic acids is 1. The van der Waals surface area contributed by atoms with Crippen LogP contribution in [0, 0.1) is 0 Å². The van der Waals surface area contributed by atoms with Crippen molar-refractivity contribution >= 4 is 28.7 Å². The summed E-state index contributed by atoms with van der Waals surface area (Å²) in [6.07, 6.45) is -0.549. The van der Waals surface area contributed by atoms with Crippen molar-refractivity contribution in [3.8, 4) is 0 Å². The minimum Gasteiger partial charge on any atom is -0.481 e. The van der Waals surface area contributed by atoms with Gasteiger partial charge >= 0.3 is 22.8 Å². The van der Waals surface area contributed by atoms with E-state index in [1.165, 1.54) is 24.3 Å². The maximum atomic E-state index is 11.9. The second-order valence-electron chi connectivity index (χ2n) is 5.05. The van der Waals surface area contributed by atoms with E-state index in [0.717, 1.165) is 0 Å². The summed E-state index contributed by atoms with van der Waals surface area (Å²) in [5, 5.41) is 21.0. The molecule has 2 atom stereocenters. The Hall–Kier alpha value is -1.42. The van der Waals surface area contributed by atoms with Gasteiger partial charge in [0.2, 0.25) is 0 Å². The van der Waals surface area contributed by atoms with Crippen molar-refractivity contribution in [3.05, 3.63) is 35.4 Å². The maximum Gasteiger partial charge on any atom is 0.331 e. The molecular formula is C13H19NO10P2. The van der Waals surface area contributed by atoms with Crippen LogP contribution in [0.3, 0.4) is 0 Å². The van der Waals surface area contributed by atoms with E-state index in [0.29, 0.717) is 5.56 Å². The molecule has 0 heterocycles. The molecule has 0 fully saturated rings. The van der Waals surface area contributed by atoms with Crippen LogP contribution in [-0.4, -0.2) is 49.3 Å². The number of benzene rings is 1. The molecule has 0 saturated carbocycles. The zero-order chi connectivity index (χ0) is 19.7. The number of nitrogens with one attached hydrogen (secondary N) is 1. The molecule has 0 aliphatic rings. The van der Waals surface area contributed by atoms with Crippen molar-refractivity contribution in [1.29, 1.82) is 0 Å². The topological polar surface area (TPSA) is 183 Å². The summed E-state index contributed by atoms with van der Waals surface area (Å²) < 4.78 is 19.2. The van der Waals surface area contributed by atoms with Gasteiger partial charge in [0.15, 0.2) is 0 Å². The number of aliphatic hydroxyl groups is 1. The molecule has 0 aliphatic carbocycles. The van der Waals surface area contributed by atoms with Gasteiger partial charge in [-0.05, 0) is 24.1 Å². The van der Waals surface area contributed by atoms with Crippen molar-refractivity contribution in [2.45, 2.75) is 25.2 Å². The van der Waals surface area contributed by atoms with E-state index in [1.54, 1.807) is 0 Å². The molecule has 1 amide bonds. The van der Waals surface area contributed by atoms with Crippen LogP contribution < -0.4 is 5.32 Å². The average Bonchev–Trinajstić information content (AvgIpc) is 2.50. The van der Waals surface area contributed by atoms with Gasteiger partial charge in [0.1, 0.15) is 0 Å². The Labute approximate surface area is 150 Å².